The van der Waals surface area contributed by atoms with Crippen molar-refractivity contribution in [1.29, 1.82) is 0 Å². The van der Waals surface area contributed by atoms with Gasteiger partial charge >= 0.3 is 0 Å². The number of nitrogens with zero attached hydrogens (tertiary/aromatic N) is 1. The highest BCUT2D eigenvalue weighted by molar-refractivity contribution is 6.05. The SMILES string of the molecule is CC(C)CC1=C(C(N)=O)C(c2ccc3c(ccn3Cc3ccc(F)c(F)c3)c2)C2=C(N1)C(C)NC2=O. The second-order valence-corrected chi connectivity index (χ2v) is 9.95. The Morgan fingerprint density at radius 3 is 2.58 bits per heavy atom. The molecule has 36 heavy (non-hydrogen) atoms. The van der Waals surface area contributed by atoms with Crippen LogP contribution in [-0.4, -0.2) is 22.4 Å². The van der Waals surface area contributed by atoms with Crippen LogP contribution in [0, 0.1) is 17.6 Å². The summed E-state index contributed by atoms with van der Waals surface area (Å²) in [5, 5.41) is 7.20. The van der Waals surface area contributed by atoms with Gasteiger partial charge in [0.15, 0.2) is 11.6 Å². The van der Waals surface area contributed by atoms with Gasteiger partial charge in [0.25, 0.3) is 5.91 Å². The molecule has 3 aromatic rings. The molecule has 0 bridgehead atoms. The Labute approximate surface area is 207 Å². The van der Waals surface area contributed by atoms with Crippen LogP contribution < -0.4 is 16.4 Å². The van der Waals surface area contributed by atoms with Crippen molar-refractivity contribution in [3.8, 4) is 0 Å². The van der Waals surface area contributed by atoms with E-state index in [0.29, 0.717) is 29.7 Å². The lowest BCUT2D eigenvalue weighted by molar-refractivity contribution is -0.117. The maximum atomic E-state index is 13.7. The number of carbonyl (C=O) groups is 2. The maximum Gasteiger partial charge on any atom is 0.250 e. The summed E-state index contributed by atoms with van der Waals surface area (Å²) in [7, 11) is 0. The lowest BCUT2D eigenvalue weighted by Crippen LogP contribution is -2.34. The van der Waals surface area contributed by atoms with Gasteiger partial charge in [-0.05, 0) is 66.1 Å². The molecule has 2 aliphatic rings. The third kappa shape index (κ3) is 4.06. The van der Waals surface area contributed by atoms with Gasteiger partial charge in [-0.1, -0.05) is 26.0 Å². The van der Waals surface area contributed by atoms with Crippen molar-refractivity contribution in [2.45, 2.75) is 45.7 Å². The summed E-state index contributed by atoms with van der Waals surface area (Å²) in [5.41, 5.74) is 10.7. The number of allylic oxidation sites excluding steroid dienone is 1. The number of aromatic nitrogens is 1. The first-order valence-electron chi connectivity index (χ1n) is 12.0. The minimum atomic E-state index is -0.881. The molecule has 6 nitrogen and oxygen atoms in total. The van der Waals surface area contributed by atoms with Crippen LogP contribution in [0.3, 0.4) is 0 Å². The molecule has 2 amide bonds. The van der Waals surface area contributed by atoms with Crippen molar-refractivity contribution >= 4 is 22.7 Å². The molecule has 2 unspecified atom stereocenters. The molecule has 5 rings (SSSR count). The van der Waals surface area contributed by atoms with E-state index in [9.17, 15) is 18.4 Å². The van der Waals surface area contributed by atoms with E-state index in [-0.39, 0.29) is 17.9 Å². The molecule has 8 heteroatoms. The molecule has 2 aliphatic heterocycles. The predicted octanol–water partition coefficient (Wildman–Crippen LogP) is 4.21. The third-order valence-corrected chi connectivity index (χ3v) is 6.85. The molecular formula is C28H28F2N4O2. The van der Waals surface area contributed by atoms with Gasteiger partial charge in [-0.3, -0.25) is 9.59 Å². The molecule has 186 valence electrons. The van der Waals surface area contributed by atoms with Crippen LogP contribution in [0.5, 0.6) is 0 Å². The van der Waals surface area contributed by atoms with Gasteiger partial charge < -0.3 is 20.9 Å². The number of nitrogens with one attached hydrogen (secondary N) is 2. The molecule has 0 saturated heterocycles. The molecule has 0 saturated carbocycles. The number of dihydropyridines is 1. The fourth-order valence-electron chi connectivity index (χ4n) is 5.28. The van der Waals surface area contributed by atoms with E-state index in [4.69, 9.17) is 5.73 Å². The fourth-order valence-corrected chi connectivity index (χ4v) is 5.28. The quantitative estimate of drug-likeness (QED) is 0.484. The largest absolute Gasteiger partial charge is 0.366 e. The maximum absolute atomic E-state index is 13.7. The summed E-state index contributed by atoms with van der Waals surface area (Å²) in [4.78, 5) is 25.7. The summed E-state index contributed by atoms with van der Waals surface area (Å²) < 4.78 is 29.0. The van der Waals surface area contributed by atoms with E-state index in [1.807, 2.05) is 42.0 Å². The molecule has 0 fully saturated rings. The Kier molecular flexibility index (Phi) is 5.90. The number of amides is 2. The van der Waals surface area contributed by atoms with Crippen LogP contribution in [0.4, 0.5) is 8.78 Å². The van der Waals surface area contributed by atoms with E-state index < -0.39 is 23.5 Å². The van der Waals surface area contributed by atoms with E-state index in [1.54, 1.807) is 6.07 Å². The molecule has 0 radical (unpaired) electrons. The Morgan fingerprint density at radius 2 is 1.89 bits per heavy atom. The number of nitrogens with two attached hydrogens (primary N) is 1. The zero-order valence-corrected chi connectivity index (χ0v) is 20.4. The van der Waals surface area contributed by atoms with Crippen LogP contribution in [0.2, 0.25) is 0 Å². The van der Waals surface area contributed by atoms with E-state index in [2.05, 4.69) is 24.5 Å². The monoisotopic (exact) mass is 490 g/mol. The van der Waals surface area contributed by atoms with Gasteiger partial charge in [0.1, 0.15) is 0 Å². The Balaban J connectivity index is 1.59. The predicted molar refractivity (Wildman–Crippen MR) is 134 cm³/mol. The molecule has 0 spiro atoms. The normalized spacial score (nSPS) is 19.7. The van der Waals surface area contributed by atoms with Crippen LogP contribution in [-0.2, 0) is 16.1 Å². The molecule has 1 aromatic heterocycles. The van der Waals surface area contributed by atoms with Gasteiger partial charge in [-0.2, -0.15) is 0 Å². The minimum absolute atomic E-state index is 0.201. The minimum Gasteiger partial charge on any atom is -0.366 e. The second-order valence-electron chi connectivity index (χ2n) is 9.95. The summed E-state index contributed by atoms with van der Waals surface area (Å²) in [5.74, 6) is -2.84. The Morgan fingerprint density at radius 1 is 1.11 bits per heavy atom. The topological polar surface area (TPSA) is 89.2 Å². The van der Waals surface area contributed by atoms with Crippen molar-refractivity contribution in [1.82, 2.24) is 15.2 Å². The highest BCUT2D eigenvalue weighted by atomic mass is 19.2. The van der Waals surface area contributed by atoms with Crippen molar-refractivity contribution in [2.75, 3.05) is 0 Å². The molecule has 0 aliphatic carbocycles. The first kappa shape index (κ1) is 23.8. The van der Waals surface area contributed by atoms with Gasteiger partial charge in [-0.25, -0.2) is 8.78 Å². The number of primary amides is 1. The summed E-state index contributed by atoms with van der Waals surface area (Å²) >= 11 is 0. The smallest absolute Gasteiger partial charge is 0.250 e. The lowest BCUT2D eigenvalue weighted by Gasteiger charge is -2.31. The average Bonchev–Trinajstić information content (AvgIpc) is 3.34. The number of benzene rings is 2. The van der Waals surface area contributed by atoms with Crippen LogP contribution in [0.25, 0.3) is 10.9 Å². The molecule has 2 atom stereocenters. The van der Waals surface area contributed by atoms with Crippen molar-refractivity contribution < 1.29 is 18.4 Å². The average molecular weight is 491 g/mol. The van der Waals surface area contributed by atoms with Crippen LogP contribution in [0.15, 0.2) is 71.2 Å². The van der Waals surface area contributed by atoms with Gasteiger partial charge in [0, 0.05) is 41.1 Å². The Hall–Kier alpha value is -3.94. The van der Waals surface area contributed by atoms with Gasteiger partial charge in [0.2, 0.25) is 5.91 Å². The van der Waals surface area contributed by atoms with Crippen molar-refractivity contribution in [3.63, 3.8) is 0 Å². The van der Waals surface area contributed by atoms with Crippen LogP contribution >= 0.6 is 0 Å². The van der Waals surface area contributed by atoms with E-state index in [0.717, 1.165) is 33.9 Å². The number of fused-ring (bicyclic) bond motifs is 1. The molecule has 3 heterocycles. The zero-order valence-electron chi connectivity index (χ0n) is 20.4. The molecular weight excluding hydrogens is 462 g/mol. The number of hydrogen-bond acceptors (Lipinski definition) is 3. The molecule has 2 aromatic carbocycles. The second kappa shape index (κ2) is 8.93. The zero-order chi connectivity index (χ0) is 25.7. The molecule has 4 N–H and O–H groups in total. The van der Waals surface area contributed by atoms with Crippen molar-refractivity contribution in [2.24, 2.45) is 11.7 Å². The number of hydrogen-bond donors (Lipinski definition) is 3. The summed E-state index contributed by atoms with van der Waals surface area (Å²) in [6.07, 6.45) is 2.50. The lowest BCUT2D eigenvalue weighted by atomic mass is 9.78. The number of carbonyl (C=O) groups excluding carboxylic acids is 2. The summed E-state index contributed by atoms with van der Waals surface area (Å²) in [6, 6.07) is 11.4. The highest BCUT2D eigenvalue weighted by Crippen LogP contribution is 2.42. The van der Waals surface area contributed by atoms with E-state index in [1.165, 1.54) is 6.07 Å². The van der Waals surface area contributed by atoms with Crippen molar-refractivity contribution in [3.05, 3.63) is 94.0 Å². The first-order valence-corrected chi connectivity index (χ1v) is 12.0. The third-order valence-electron chi connectivity index (χ3n) is 6.85. The van der Waals surface area contributed by atoms with E-state index >= 15 is 0 Å². The van der Waals surface area contributed by atoms with Gasteiger partial charge in [0.05, 0.1) is 11.6 Å². The number of rotatable bonds is 6. The highest BCUT2D eigenvalue weighted by Gasteiger charge is 2.42. The number of halogens is 2. The fraction of sp³-hybridized carbons (Fsp3) is 0.286. The van der Waals surface area contributed by atoms with Crippen LogP contribution in [0.1, 0.15) is 44.2 Å². The van der Waals surface area contributed by atoms with Gasteiger partial charge in [-0.15, -0.1) is 0 Å². The first-order chi connectivity index (χ1) is 17.1. The standard InChI is InChI=1S/C28H28F2N4O2/c1-14(2)10-21-24(27(31)35)23(25-26(33-21)15(3)32-28(25)36)18-5-7-22-17(12-18)8-9-34(22)13-16-4-6-19(29)20(30)11-16/h4-9,11-12,14-15,23,33H,10,13H2,1-3H3,(H2,31,35)(H,32,36). The summed E-state index contributed by atoms with van der Waals surface area (Å²) in [6.45, 7) is 6.41. The Bertz CT molecular complexity index is 1470.